The van der Waals surface area contributed by atoms with E-state index in [1.54, 1.807) is 13.0 Å². The van der Waals surface area contributed by atoms with E-state index < -0.39 is 11.0 Å². The average molecular weight is 286 g/mol. The highest BCUT2D eigenvalue weighted by Gasteiger charge is 2.29. The molecule has 1 atom stereocenters. The van der Waals surface area contributed by atoms with Gasteiger partial charge in [0.05, 0.1) is 17.1 Å². The fourth-order valence-electron chi connectivity index (χ4n) is 1.48. The number of nitrogens with zero attached hydrogens (tertiary/aromatic N) is 1. The number of hydrogen-bond donors (Lipinski definition) is 2. The molecular weight excluding hydrogens is 264 g/mol. The summed E-state index contributed by atoms with van der Waals surface area (Å²) < 4.78 is 10.8. The number of hydrogen-bond acceptors (Lipinski definition) is 6. The molecule has 1 fully saturated rings. The molecule has 1 rings (SSSR count). The van der Waals surface area contributed by atoms with Crippen LogP contribution in [-0.2, 0) is 9.47 Å². The van der Waals surface area contributed by atoms with Gasteiger partial charge in [-0.2, -0.15) is 0 Å². The second-order valence-electron chi connectivity index (χ2n) is 3.60. The molecule has 0 spiro atoms. The van der Waals surface area contributed by atoms with E-state index in [0.717, 1.165) is 0 Å². The lowest BCUT2D eigenvalue weighted by atomic mass is 10.1. The number of aliphatic hydroxyl groups is 1. The van der Waals surface area contributed by atoms with Crippen LogP contribution >= 0.6 is 0 Å². The molecule has 1 saturated heterocycles. The summed E-state index contributed by atoms with van der Waals surface area (Å²) in [5, 5.41) is 19.8. The standard InChI is InChI=1S/C11H16N2O5.C2H6/c1-3-10-11(18-8(5-14)6-17-10)9(4-12)7(2)13(15)16;1-2/h3,8,14H,2,4-6,12H2,1H3;1-2H3/b10-3+,11-9+;. The largest absolute Gasteiger partial charge is 0.486 e. The van der Waals surface area contributed by atoms with Crippen LogP contribution in [-0.4, -0.2) is 35.9 Å². The van der Waals surface area contributed by atoms with Crippen molar-refractivity contribution in [2.75, 3.05) is 19.8 Å². The second kappa shape index (κ2) is 9.11. The molecule has 1 aliphatic heterocycles. The summed E-state index contributed by atoms with van der Waals surface area (Å²) in [5.74, 6) is 0.537. The van der Waals surface area contributed by atoms with E-state index in [1.165, 1.54) is 0 Å². The minimum absolute atomic E-state index is 0.103. The molecule has 0 amide bonds. The Bertz CT molecular complexity index is 415. The molecule has 1 heterocycles. The van der Waals surface area contributed by atoms with Crippen molar-refractivity contribution in [1.82, 2.24) is 0 Å². The van der Waals surface area contributed by atoms with Gasteiger partial charge in [0.2, 0.25) is 0 Å². The number of nitro groups is 1. The summed E-state index contributed by atoms with van der Waals surface area (Å²) >= 11 is 0. The molecule has 0 radical (unpaired) electrons. The molecule has 0 bridgehead atoms. The third-order valence-electron chi connectivity index (χ3n) is 2.45. The minimum Gasteiger partial charge on any atom is -0.486 e. The van der Waals surface area contributed by atoms with Crippen LogP contribution in [0.1, 0.15) is 20.8 Å². The Morgan fingerprint density at radius 2 is 2.25 bits per heavy atom. The topological polar surface area (TPSA) is 108 Å². The Morgan fingerprint density at radius 1 is 1.65 bits per heavy atom. The van der Waals surface area contributed by atoms with Crippen LogP contribution in [0.5, 0.6) is 0 Å². The molecule has 1 aliphatic rings. The zero-order valence-electron chi connectivity index (χ0n) is 12.1. The Labute approximate surface area is 118 Å². The Morgan fingerprint density at radius 3 is 2.65 bits per heavy atom. The van der Waals surface area contributed by atoms with Crippen molar-refractivity contribution in [3.8, 4) is 0 Å². The van der Waals surface area contributed by atoms with Crippen molar-refractivity contribution in [3.05, 3.63) is 45.6 Å². The summed E-state index contributed by atoms with van der Waals surface area (Å²) in [5.41, 5.74) is 5.32. The first kappa shape index (κ1) is 18.1. The summed E-state index contributed by atoms with van der Waals surface area (Å²) in [6, 6.07) is 0. The molecule has 114 valence electrons. The van der Waals surface area contributed by atoms with Gasteiger partial charge in [-0.25, -0.2) is 0 Å². The number of allylic oxidation sites excluding steroid dienone is 1. The quantitative estimate of drug-likeness (QED) is 0.596. The van der Waals surface area contributed by atoms with Gasteiger partial charge in [0, 0.05) is 6.54 Å². The minimum atomic E-state index is -0.631. The van der Waals surface area contributed by atoms with Crippen molar-refractivity contribution in [3.63, 3.8) is 0 Å². The highest BCUT2D eigenvalue weighted by molar-refractivity contribution is 5.37. The molecule has 7 nitrogen and oxygen atoms in total. The lowest BCUT2D eigenvalue weighted by molar-refractivity contribution is -0.420. The van der Waals surface area contributed by atoms with E-state index in [2.05, 4.69) is 6.58 Å². The van der Waals surface area contributed by atoms with Gasteiger partial charge in [0.15, 0.2) is 17.6 Å². The van der Waals surface area contributed by atoms with Gasteiger partial charge in [-0.1, -0.05) is 13.8 Å². The lowest BCUT2D eigenvalue weighted by Crippen LogP contribution is -2.31. The fraction of sp³-hybridized carbons (Fsp3) is 0.538. The average Bonchev–Trinajstić information content (AvgIpc) is 2.49. The smallest absolute Gasteiger partial charge is 0.270 e. The van der Waals surface area contributed by atoms with Crippen LogP contribution in [0.4, 0.5) is 0 Å². The van der Waals surface area contributed by atoms with Crippen LogP contribution in [0.25, 0.3) is 0 Å². The monoisotopic (exact) mass is 286 g/mol. The van der Waals surface area contributed by atoms with E-state index in [0.29, 0.717) is 5.76 Å². The highest BCUT2D eigenvalue weighted by atomic mass is 16.6. The Balaban J connectivity index is 0.00000172. The van der Waals surface area contributed by atoms with E-state index in [-0.39, 0.29) is 36.8 Å². The third-order valence-corrected chi connectivity index (χ3v) is 2.45. The van der Waals surface area contributed by atoms with E-state index in [1.807, 2.05) is 13.8 Å². The number of ether oxygens (including phenoxy) is 2. The van der Waals surface area contributed by atoms with Gasteiger partial charge < -0.3 is 20.3 Å². The van der Waals surface area contributed by atoms with Crippen LogP contribution in [0.15, 0.2) is 35.4 Å². The van der Waals surface area contributed by atoms with Crippen molar-refractivity contribution >= 4 is 0 Å². The Kier molecular flexibility index (Phi) is 8.26. The maximum atomic E-state index is 10.7. The molecule has 7 heteroatoms. The predicted octanol–water partition coefficient (Wildman–Crippen LogP) is 1.33. The maximum Gasteiger partial charge on any atom is 0.270 e. The van der Waals surface area contributed by atoms with E-state index >= 15 is 0 Å². The van der Waals surface area contributed by atoms with Gasteiger partial charge in [-0.3, -0.25) is 10.1 Å². The molecule has 0 aromatic rings. The number of rotatable bonds is 4. The molecule has 0 aromatic heterocycles. The Hall–Kier alpha value is -1.86. The van der Waals surface area contributed by atoms with Crippen LogP contribution in [0.3, 0.4) is 0 Å². The van der Waals surface area contributed by atoms with Gasteiger partial charge in [0.1, 0.15) is 6.61 Å². The molecule has 20 heavy (non-hydrogen) atoms. The van der Waals surface area contributed by atoms with Crippen LogP contribution in [0, 0.1) is 10.1 Å². The summed E-state index contributed by atoms with van der Waals surface area (Å²) in [7, 11) is 0. The van der Waals surface area contributed by atoms with Gasteiger partial charge >= 0.3 is 0 Å². The first-order valence-electron chi connectivity index (χ1n) is 6.39. The maximum absolute atomic E-state index is 10.7. The van der Waals surface area contributed by atoms with Crippen LogP contribution < -0.4 is 5.73 Å². The highest BCUT2D eigenvalue weighted by Crippen LogP contribution is 2.27. The zero-order chi connectivity index (χ0) is 15.7. The normalized spacial score (nSPS) is 22.1. The molecule has 3 N–H and O–H groups in total. The van der Waals surface area contributed by atoms with Crippen molar-refractivity contribution in [2.45, 2.75) is 26.9 Å². The van der Waals surface area contributed by atoms with Gasteiger partial charge in [0.25, 0.3) is 5.70 Å². The van der Waals surface area contributed by atoms with E-state index in [9.17, 15) is 10.1 Å². The first-order valence-corrected chi connectivity index (χ1v) is 6.39. The fourth-order valence-corrected chi connectivity index (χ4v) is 1.48. The summed E-state index contributed by atoms with van der Waals surface area (Å²) in [6.45, 7) is 8.90. The SMILES string of the molecule is C=C(/C(CN)=C1/OC(CO)CO/C1=C/C)[N+](=O)[O-].CC. The predicted molar refractivity (Wildman–Crippen MR) is 75.2 cm³/mol. The lowest BCUT2D eigenvalue weighted by Gasteiger charge is -2.28. The van der Waals surface area contributed by atoms with Crippen LogP contribution in [0.2, 0.25) is 0 Å². The first-order chi connectivity index (χ1) is 9.54. The van der Waals surface area contributed by atoms with Crippen molar-refractivity contribution in [2.24, 2.45) is 5.73 Å². The summed E-state index contributed by atoms with van der Waals surface area (Å²) in [4.78, 5) is 10.1. The van der Waals surface area contributed by atoms with Crippen molar-refractivity contribution < 1.29 is 19.5 Å². The second-order valence-corrected chi connectivity index (χ2v) is 3.60. The molecule has 1 unspecified atom stereocenters. The molecular formula is C13H22N2O5. The number of aliphatic hydroxyl groups excluding tert-OH is 1. The summed E-state index contributed by atoms with van der Waals surface area (Å²) in [6.07, 6.45) is 1.05. The molecule has 0 aliphatic carbocycles. The third kappa shape index (κ3) is 4.36. The van der Waals surface area contributed by atoms with Gasteiger partial charge in [-0.05, 0) is 19.6 Å². The molecule has 0 aromatic carbocycles. The number of nitrogens with two attached hydrogens (primary N) is 1. The van der Waals surface area contributed by atoms with Gasteiger partial charge in [-0.15, -0.1) is 0 Å². The van der Waals surface area contributed by atoms with Crippen molar-refractivity contribution in [1.29, 1.82) is 0 Å². The molecule has 0 saturated carbocycles. The van der Waals surface area contributed by atoms with E-state index in [4.69, 9.17) is 20.3 Å². The zero-order valence-corrected chi connectivity index (χ0v) is 12.1.